The van der Waals surface area contributed by atoms with Gasteiger partial charge in [0.05, 0.1) is 19.8 Å². The van der Waals surface area contributed by atoms with Crippen LogP contribution in [0.3, 0.4) is 0 Å². The van der Waals surface area contributed by atoms with E-state index in [-0.39, 0.29) is 0 Å². The van der Waals surface area contributed by atoms with Gasteiger partial charge in [0.2, 0.25) is 6.29 Å². The van der Waals surface area contributed by atoms with Gasteiger partial charge in [0.25, 0.3) is 0 Å². The molecule has 0 unspecified atom stereocenters. The van der Waals surface area contributed by atoms with E-state index in [1.807, 2.05) is 0 Å². The molecule has 3 saturated heterocycles. The van der Waals surface area contributed by atoms with Gasteiger partial charge in [-0.25, -0.2) is 46.7 Å². The molecule has 79 heavy (non-hydrogen) atoms. The van der Waals surface area contributed by atoms with Crippen molar-refractivity contribution in [1.82, 2.24) is 0 Å². The lowest BCUT2D eigenvalue weighted by Crippen LogP contribution is -2.69. The molecular weight excluding hydrogens is 1370 g/mol. The summed E-state index contributed by atoms with van der Waals surface area (Å²) in [6.45, 7) is -6.46. The Hall–Kier alpha value is -1.67. The maximum absolute atomic E-state index is 12.5. The second-order valence-corrected chi connectivity index (χ2v) is 25.6. The monoisotopic (exact) mass is 1400 g/mol. The maximum Gasteiger partial charge on any atom is 0.424 e. The Morgan fingerprint density at radius 3 is 0.734 bits per heavy atom. The third kappa shape index (κ3) is 26.8. The molecule has 0 aromatic heterocycles. The molecule has 3 aliphatic heterocycles. The summed E-state index contributed by atoms with van der Waals surface area (Å²) in [6.07, 6.45) is -52.2. The van der Waals surface area contributed by atoms with Crippen LogP contribution < -0.4 is 0 Å². The highest BCUT2D eigenvalue weighted by molar-refractivity contribution is 7.83. The largest absolute Gasteiger partial charge is 0.424 e. The van der Waals surface area contributed by atoms with Crippen LogP contribution >= 0.6 is 0 Å². The zero-order valence-electron chi connectivity index (χ0n) is 36.1. The van der Waals surface area contributed by atoms with Gasteiger partial charge in [-0.2, -0.15) is 92.6 Å². The van der Waals surface area contributed by atoms with Crippen LogP contribution in [0.1, 0.15) is 0 Å². The second kappa shape index (κ2) is 25.9. The van der Waals surface area contributed by atoms with Crippen molar-refractivity contribution < 1.29 is 217 Å². The fourth-order valence-electron chi connectivity index (χ4n) is 6.24. The van der Waals surface area contributed by atoms with Gasteiger partial charge in [-0.05, 0) is 0 Å². The number of ether oxygens (including phenoxy) is 5. The molecule has 61 heteroatoms. The molecule has 0 aromatic carbocycles. The van der Waals surface area contributed by atoms with E-state index in [2.05, 4.69) is 51.1 Å². The quantitative estimate of drug-likeness (QED) is 0.0181. The van der Waals surface area contributed by atoms with Crippen LogP contribution in [0.2, 0.25) is 0 Å². The van der Waals surface area contributed by atoms with E-state index in [0.29, 0.717) is 0 Å². The van der Waals surface area contributed by atoms with E-state index in [4.69, 9.17) is 28.2 Å². The average Bonchev–Trinajstić information content (AvgIpc) is 3.16. The zero-order chi connectivity index (χ0) is 61.3. The second-order valence-electron chi connectivity index (χ2n) is 14.0. The van der Waals surface area contributed by atoms with Crippen LogP contribution in [0, 0.1) is 0 Å². The summed E-state index contributed by atoms with van der Waals surface area (Å²) in [5.41, 5.74) is 0. The summed E-state index contributed by atoms with van der Waals surface area (Å²) in [7, 11) is -68.9. The predicted molar refractivity (Wildman–Crippen MR) is 217 cm³/mol. The molecule has 0 aliphatic carbocycles. The summed E-state index contributed by atoms with van der Waals surface area (Å²) in [5.74, 6) is 0. The van der Waals surface area contributed by atoms with Crippen LogP contribution in [0.15, 0.2) is 0 Å². The van der Waals surface area contributed by atoms with Crippen molar-refractivity contribution >= 4 is 114 Å². The molecule has 0 radical (unpaired) electrons. The maximum atomic E-state index is 12.5. The van der Waals surface area contributed by atoms with Gasteiger partial charge in [0.15, 0.2) is 37.0 Å². The van der Waals surface area contributed by atoms with Gasteiger partial charge in [-0.3, -0.25) is 50.1 Å². The van der Waals surface area contributed by atoms with Crippen molar-refractivity contribution in [3.63, 3.8) is 0 Å². The van der Waals surface area contributed by atoms with Crippen LogP contribution in [-0.2, 0) is 189 Å². The topological polar surface area (TPSA) is 755 Å². The van der Waals surface area contributed by atoms with Crippen LogP contribution in [0.5, 0.6) is 0 Å². The molecule has 11 N–H and O–H groups in total. The summed E-state index contributed by atoms with van der Waals surface area (Å²) in [5, 5.41) is 0. The minimum atomic E-state index is -6.60. The van der Waals surface area contributed by atoms with Gasteiger partial charge >= 0.3 is 114 Å². The summed E-state index contributed by atoms with van der Waals surface area (Å²) in [6, 6.07) is 0. The van der Waals surface area contributed by atoms with Gasteiger partial charge in [0, 0.05) is 0 Å². The average molecular weight is 1400 g/mol. The highest BCUT2D eigenvalue weighted by atomic mass is 32.3. The lowest BCUT2D eigenvalue weighted by molar-refractivity contribution is -0.382. The Bertz CT molecular complexity index is 3430. The van der Waals surface area contributed by atoms with Gasteiger partial charge in [0.1, 0.15) is 48.8 Å². The molecule has 3 heterocycles. The fraction of sp³-hybridized carbons (Fsp3) is 1.00. The lowest BCUT2D eigenvalue weighted by atomic mass is 9.96. The standard InChI is InChI=1S/C18H32O50S11/c19-69(20,21)52-1-4-7(58-17-14(65-76(40,41)42)12(63-74(34,35)36)9(60-68-79(49,50)51)6(56-17)3-54-71(25,26)27)10(61-72(28,29)30)13(64-75(37,38)39)16(55-4)59-8-5(2-53-70(22,23)24)57-18(67-78(46,47)48)15(66-77(43,44)45)11(8)62-73(31,32)33/h4-18H,1-3H2,(H,19,20,21)(H,22,23,24)(H,25,26,27)(H,28,29,30)(H,31,32,33)(H,34,35,36)(H,37,38,39)(H,40,41,42)(H,43,44,45)(H,46,47,48)(H,49,50,51)/t4-,5+,6-,7+,8+,9+,10-,11-,12-,13-,14-,15-,16+,17+,18+/m0/s1. The van der Waals surface area contributed by atoms with E-state index in [1.54, 1.807) is 0 Å². The zero-order valence-corrected chi connectivity index (χ0v) is 45.1. The normalized spacial score (nSPS) is 31.7. The molecule has 3 aliphatic rings. The molecule has 0 aromatic rings. The summed E-state index contributed by atoms with van der Waals surface area (Å²) >= 11 is 0. The first-order valence-corrected chi connectivity index (χ1v) is 33.0. The molecule has 0 bridgehead atoms. The van der Waals surface area contributed by atoms with Crippen LogP contribution in [0.25, 0.3) is 0 Å². The Morgan fingerprint density at radius 2 is 0.481 bits per heavy atom. The van der Waals surface area contributed by atoms with Gasteiger partial charge < -0.3 is 23.7 Å². The first kappa shape index (κ1) is 71.6. The van der Waals surface area contributed by atoms with Crippen molar-refractivity contribution in [2.24, 2.45) is 0 Å². The number of hydrogen-bond donors (Lipinski definition) is 11. The summed E-state index contributed by atoms with van der Waals surface area (Å²) < 4.78 is 437. The molecule has 15 atom stereocenters. The Labute approximate surface area is 441 Å². The number of rotatable bonds is 30. The van der Waals surface area contributed by atoms with Crippen molar-refractivity contribution in [2.45, 2.75) is 92.1 Å². The lowest BCUT2D eigenvalue weighted by Gasteiger charge is -2.49. The summed E-state index contributed by atoms with van der Waals surface area (Å²) in [4.78, 5) is 4.18. The highest BCUT2D eigenvalue weighted by Crippen LogP contribution is 2.40. The SMILES string of the molecule is O=S(=O)(O)OC[C@@H]1O[C@H](O[C@H]2[C@H](OS(=O)(=O)O)[C@H](OS(=O)(=O)O)[C@@H](O[C@H]3[C@H](OS(=O)(=O)O)[C@H](OS(=O)(=O)O)[C@@H](OS(=O)(=O)O)O[C@@H]3COS(=O)(=O)O)O[C@H]2COS(=O)(=O)O)[C@@H](OS(=O)(=O)O)[C@@H](OS(=O)(=O)O)[C@@H]1OOS(=O)(=O)O. The minimum Gasteiger partial charge on any atom is -0.341 e. The molecule has 0 spiro atoms. The first-order valence-electron chi connectivity index (χ1n) is 18.0. The van der Waals surface area contributed by atoms with Crippen molar-refractivity contribution in [3.8, 4) is 0 Å². The van der Waals surface area contributed by atoms with E-state index in [1.165, 1.54) is 0 Å². The highest BCUT2D eigenvalue weighted by Gasteiger charge is 2.61. The molecule has 0 amide bonds. The molecule has 50 nitrogen and oxygen atoms in total. The van der Waals surface area contributed by atoms with Crippen LogP contribution in [-0.4, -0.2) is 255 Å². The first-order chi connectivity index (χ1) is 35.0. The van der Waals surface area contributed by atoms with Crippen LogP contribution in [0.4, 0.5) is 0 Å². The van der Waals surface area contributed by atoms with Crippen molar-refractivity contribution in [2.75, 3.05) is 19.8 Å². The Kier molecular flexibility index (Phi) is 23.5. The Balaban J connectivity index is 2.54. The molecular formula is C18H32O50S11. The van der Waals surface area contributed by atoms with Gasteiger partial charge in [-0.1, -0.05) is 4.33 Å². The van der Waals surface area contributed by atoms with Crippen molar-refractivity contribution in [3.05, 3.63) is 0 Å². The Morgan fingerprint density at radius 1 is 0.253 bits per heavy atom. The minimum absolute atomic E-state index is 2.08. The predicted octanol–water partition coefficient (Wildman–Crippen LogP) is -9.54. The van der Waals surface area contributed by atoms with Crippen molar-refractivity contribution in [1.29, 1.82) is 0 Å². The molecule has 0 saturated carbocycles. The van der Waals surface area contributed by atoms with E-state index >= 15 is 0 Å². The third-order valence-corrected chi connectivity index (χ3v) is 13.1. The fourth-order valence-corrected chi connectivity index (χ4v) is 10.7. The van der Waals surface area contributed by atoms with E-state index < -0.39 is 226 Å². The third-order valence-electron chi connectivity index (χ3n) is 8.35. The smallest absolute Gasteiger partial charge is 0.341 e. The van der Waals surface area contributed by atoms with E-state index in [9.17, 15) is 138 Å². The van der Waals surface area contributed by atoms with Gasteiger partial charge in [-0.15, -0.1) is 0 Å². The molecule has 3 fully saturated rings. The number of hydrogen-bond acceptors (Lipinski definition) is 39. The molecule has 3 rings (SSSR count). The molecule has 470 valence electrons. The van der Waals surface area contributed by atoms with E-state index in [0.717, 1.165) is 0 Å².